The van der Waals surface area contributed by atoms with Crippen molar-refractivity contribution in [2.75, 3.05) is 12.8 Å². The van der Waals surface area contributed by atoms with E-state index >= 15 is 0 Å². The standard InChI is InChI=1S/C30H37N3O6S/c1-8-30(39-29(4,5)6)23-15-25-26-21(16-32(25)27(34)22(23)17-38-28(30)35)19(20-11-9-10-12-24(20)31-26)13-14-33(18(2)3)40(7,36)37/h9-12,15,18H,8,13-14,16-17H2,1-7H3/t30-/m0/s1. The molecule has 4 heterocycles. The maximum absolute atomic E-state index is 13.9. The first-order chi connectivity index (χ1) is 18.7. The van der Waals surface area contributed by atoms with E-state index in [2.05, 4.69) is 0 Å². The van der Waals surface area contributed by atoms with Crippen molar-refractivity contribution in [3.8, 4) is 11.4 Å². The van der Waals surface area contributed by atoms with Crippen molar-refractivity contribution in [3.63, 3.8) is 0 Å². The number of rotatable bonds is 7. The summed E-state index contributed by atoms with van der Waals surface area (Å²) in [7, 11) is -3.41. The fourth-order valence-electron chi connectivity index (χ4n) is 6.11. The molecule has 0 saturated carbocycles. The lowest BCUT2D eigenvalue weighted by molar-refractivity contribution is -0.200. The first-order valence-corrected chi connectivity index (χ1v) is 15.5. The van der Waals surface area contributed by atoms with Gasteiger partial charge in [-0.1, -0.05) is 25.1 Å². The molecule has 5 rings (SSSR count). The summed E-state index contributed by atoms with van der Waals surface area (Å²) in [6, 6.07) is 9.44. The molecule has 0 fully saturated rings. The van der Waals surface area contributed by atoms with Crippen molar-refractivity contribution in [2.24, 2.45) is 0 Å². The Labute approximate surface area is 235 Å². The van der Waals surface area contributed by atoms with E-state index in [1.165, 1.54) is 10.6 Å². The minimum Gasteiger partial charge on any atom is -0.458 e. The summed E-state index contributed by atoms with van der Waals surface area (Å²) < 4.78 is 40.1. The van der Waals surface area contributed by atoms with Gasteiger partial charge in [-0.15, -0.1) is 0 Å². The van der Waals surface area contributed by atoms with Gasteiger partial charge >= 0.3 is 5.97 Å². The number of sulfonamides is 1. The molecule has 2 aliphatic heterocycles. The maximum atomic E-state index is 13.9. The number of aromatic nitrogens is 2. The Morgan fingerprint density at radius 3 is 2.50 bits per heavy atom. The number of benzene rings is 1. The molecule has 9 nitrogen and oxygen atoms in total. The van der Waals surface area contributed by atoms with Gasteiger partial charge in [0.25, 0.3) is 5.56 Å². The topological polar surface area (TPSA) is 108 Å². The van der Waals surface area contributed by atoms with Gasteiger partial charge in [-0.3, -0.25) is 4.79 Å². The second-order valence-electron chi connectivity index (χ2n) is 11.9. The molecular formula is C30H37N3O6S. The van der Waals surface area contributed by atoms with Gasteiger partial charge in [-0.2, -0.15) is 4.31 Å². The van der Waals surface area contributed by atoms with Gasteiger partial charge in [-0.25, -0.2) is 18.2 Å². The van der Waals surface area contributed by atoms with Gasteiger partial charge in [0.05, 0.1) is 40.9 Å². The van der Waals surface area contributed by atoms with Gasteiger partial charge in [0.2, 0.25) is 10.0 Å². The summed E-state index contributed by atoms with van der Waals surface area (Å²) in [5.74, 6) is -0.498. The summed E-state index contributed by atoms with van der Waals surface area (Å²) in [6.45, 7) is 11.7. The number of hydrogen-bond donors (Lipinski definition) is 0. The number of esters is 1. The third-order valence-corrected chi connectivity index (χ3v) is 9.20. The Morgan fingerprint density at radius 1 is 1.18 bits per heavy atom. The molecule has 2 aliphatic rings. The molecule has 0 spiro atoms. The number of hydrogen-bond acceptors (Lipinski definition) is 7. The monoisotopic (exact) mass is 567 g/mol. The molecule has 40 heavy (non-hydrogen) atoms. The lowest BCUT2D eigenvalue weighted by atomic mass is 9.84. The summed E-state index contributed by atoms with van der Waals surface area (Å²) in [5.41, 5.74) is 2.55. The van der Waals surface area contributed by atoms with Crippen LogP contribution < -0.4 is 5.56 Å². The van der Waals surface area contributed by atoms with Crippen LogP contribution in [-0.4, -0.2) is 52.7 Å². The molecule has 0 bridgehead atoms. The zero-order valence-corrected chi connectivity index (χ0v) is 25.0. The van der Waals surface area contributed by atoms with E-state index in [4.69, 9.17) is 14.5 Å². The summed E-state index contributed by atoms with van der Waals surface area (Å²) >= 11 is 0. The van der Waals surface area contributed by atoms with E-state index in [0.717, 1.165) is 22.0 Å². The number of carbonyl (C=O) groups excluding carboxylic acids is 1. The van der Waals surface area contributed by atoms with E-state index in [0.29, 0.717) is 48.4 Å². The number of para-hydroxylation sites is 1. The molecule has 1 atom stereocenters. The Kier molecular flexibility index (Phi) is 6.96. The summed E-state index contributed by atoms with van der Waals surface area (Å²) in [4.78, 5) is 32.2. The van der Waals surface area contributed by atoms with Crippen LogP contribution in [0.25, 0.3) is 22.3 Å². The number of cyclic esters (lactones) is 1. The molecule has 0 unspecified atom stereocenters. The van der Waals surface area contributed by atoms with Crippen LogP contribution in [0.5, 0.6) is 0 Å². The Balaban J connectivity index is 1.71. The van der Waals surface area contributed by atoms with Crippen molar-refractivity contribution >= 4 is 26.9 Å². The van der Waals surface area contributed by atoms with Crippen LogP contribution in [0.4, 0.5) is 0 Å². The van der Waals surface area contributed by atoms with Crippen molar-refractivity contribution in [1.29, 1.82) is 0 Å². The predicted octanol–water partition coefficient (Wildman–Crippen LogP) is 4.11. The highest BCUT2D eigenvalue weighted by Gasteiger charge is 2.50. The second-order valence-corrected chi connectivity index (χ2v) is 13.9. The molecule has 0 radical (unpaired) electrons. The fraction of sp³-hybridized carbons (Fsp3) is 0.500. The molecule has 0 N–H and O–H groups in total. The van der Waals surface area contributed by atoms with Crippen LogP contribution in [0.3, 0.4) is 0 Å². The highest BCUT2D eigenvalue weighted by Crippen LogP contribution is 2.43. The van der Waals surface area contributed by atoms with E-state index in [1.54, 1.807) is 4.57 Å². The number of pyridine rings is 2. The first-order valence-electron chi connectivity index (χ1n) is 13.7. The molecule has 214 valence electrons. The smallest absolute Gasteiger partial charge is 0.343 e. The van der Waals surface area contributed by atoms with Gasteiger partial charge in [-0.05, 0) is 65.2 Å². The minimum absolute atomic E-state index is 0.112. The largest absolute Gasteiger partial charge is 0.458 e. The Morgan fingerprint density at radius 2 is 1.88 bits per heavy atom. The van der Waals surface area contributed by atoms with Crippen molar-refractivity contribution in [3.05, 3.63) is 62.9 Å². The summed E-state index contributed by atoms with van der Waals surface area (Å²) in [6.07, 6.45) is 2.00. The average Bonchev–Trinajstić information content (AvgIpc) is 3.22. The third kappa shape index (κ3) is 4.65. The van der Waals surface area contributed by atoms with E-state index < -0.39 is 27.2 Å². The molecule has 3 aromatic rings. The molecule has 0 saturated heterocycles. The number of carbonyl (C=O) groups is 1. The van der Waals surface area contributed by atoms with Crippen LogP contribution >= 0.6 is 0 Å². The van der Waals surface area contributed by atoms with Gasteiger partial charge in [0.1, 0.15) is 6.61 Å². The number of ether oxygens (including phenoxy) is 2. The van der Waals surface area contributed by atoms with Gasteiger partial charge in [0.15, 0.2) is 5.60 Å². The first kappa shape index (κ1) is 28.4. The van der Waals surface area contributed by atoms with Crippen LogP contribution in [0.2, 0.25) is 0 Å². The van der Waals surface area contributed by atoms with Gasteiger partial charge in [0, 0.05) is 29.1 Å². The normalized spacial score (nSPS) is 18.7. The molecule has 10 heteroatoms. The Bertz CT molecular complexity index is 1690. The molecular weight excluding hydrogens is 530 g/mol. The average molecular weight is 568 g/mol. The molecule has 1 aromatic carbocycles. The molecule has 0 amide bonds. The zero-order chi connectivity index (χ0) is 29.2. The predicted molar refractivity (Wildman–Crippen MR) is 154 cm³/mol. The van der Waals surface area contributed by atoms with Crippen LogP contribution in [0, 0.1) is 0 Å². The lowest BCUT2D eigenvalue weighted by Crippen LogP contribution is -2.49. The zero-order valence-electron chi connectivity index (χ0n) is 24.2. The minimum atomic E-state index is -3.41. The quantitative estimate of drug-likeness (QED) is 0.309. The maximum Gasteiger partial charge on any atom is 0.343 e. The van der Waals surface area contributed by atoms with E-state index in [-0.39, 0.29) is 18.2 Å². The fourth-order valence-corrected chi connectivity index (χ4v) is 7.30. The van der Waals surface area contributed by atoms with Crippen LogP contribution in [0.15, 0.2) is 35.1 Å². The van der Waals surface area contributed by atoms with Gasteiger partial charge < -0.3 is 14.0 Å². The van der Waals surface area contributed by atoms with Crippen LogP contribution in [0.1, 0.15) is 70.2 Å². The number of fused-ring (bicyclic) bond motifs is 5. The Hall–Kier alpha value is -3.08. The molecule has 2 aromatic heterocycles. The van der Waals surface area contributed by atoms with Crippen molar-refractivity contribution in [2.45, 2.75) is 84.8 Å². The van der Waals surface area contributed by atoms with Crippen molar-refractivity contribution in [1.82, 2.24) is 13.9 Å². The lowest BCUT2D eigenvalue weighted by Gasteiger charge is -2.40. The SMILES string of the molecule is CC[C@@]1(OC(C)(C)C)C(=O)OCc2c1cc1n(c2=O)Cc2c-1nc1ccccc1c2CCN(C(C)C)S(C)(=O)=O. The van der Waals surface area contributed by atoms with E-state index in [1.807, 2.05) is 71.9 Å². The van der Waals surface area contributed by atoms with Crippen LogP contribution in [-0.2, 0) is 49.5 Å². The highest BCUT2D eigenvalue weighted by atomic mass is 32.2. The third-order valence-electron chi connectivity index (χ3n) is 7.75. The molecule has 0 aliphatic carbocycles. The van der Waals surface area contributed by atoms with Crippen molar-refractivity contribution < 1.29 is 22.7 Å². The second kappa shape index (κ2) is 9.78. The summed E-state index contributed by atoms with van der Waals surface area (Å²) in [5, 5.41) is 0.932. The number of nitrogens with zero attached hydrogens (tertiary/aromatic N) is 3. The van der Waals surface area contributed by atoms with E-state index in [9.17, 15) is 18.0 Å². The highest BCUT2D eigenvalue weighted by molar-refractivity contribution is 7.88.